The number of nitrogens with two attached hydrogens (primary N) is 1. The lowest BCUT2D eigenvalue weighted by Crippen LogP contribution is -2.48. The topological polar surface area (TPSA) is 104 Å². The summed E-state index contributed by atoms with van der Waals surface area (Å²) in [6.45, 7) is 0.905. The van der Waals surface area contributed by atoms with E-state index >= 15 is 0 Å². The molecule has 1 aliphatic heterocycles. The molecule has 1 aromatic heterocycles. The molecule has 0 atom stereocenters. The molecule has 0 radical (unpaired) electrons. The van der Waals surface area contributed by atoms with E-state index in [0.717, 1.165) is 12.1 Å². The molecule has 8 nitrogen and oxygen atoms in total. The highest BCUT2D eigenvalue weighted by atomic mass is 35.5. The monoisotopic (exact) mass is 514 g/mol. The maximum atomic E-state index is 13.0. The van der Waals surface area contributed by atoms with Crippen LogP contribution in [0.2, 0.25) is 0 Å². The predicted octanol–water partition coefficient (Wildman–Crippen LogP) is 3.75. The van der Waals surface area contributed by atoms with E-state index in [4.69, 9.17) is 5.73 Å². The second kappa shape index (κ2) is 10.0. The Balaban J connectivity index is 0.00000324. The van der Waals surface area contributed by atoms with E-state index < -0.39 is 21.8 Å². The zero-order chi connectivity index (χ0) is 23.6. The Morgan fingerprint density at radius 3 is 2.26 bits per heavy atom. The van der Waals surface area contributed by atoms with Gasteiger partial charge >= 0.3 is 6.18 Å². The Bertz CT molecular complexity index is 1230. The average molecular weight is 515 g/mol. The van der Waals surface area contributed by atoms with Crippen molar-refractivity contribution in [3.63, 3.8) is 0 Å². The minimum atomic E-state index is -4.43. The minimum absolute atomic E-state index is 0. The van der Waals surface area contributed by atoms with E-state index in [1.165, 1.54) is 28.7 Å². The molecule has 4 rings (SSSR count). The van der Waals surface area contributed by atoms with Crippen molar-refractivity contribution in [2.45, 2.75) is 11.1 Å². The summed E-state index contributed by atoms with van der Waals surface area (Å²) in [5.41, 5.74) is 5.87. The molecule has 1 saturated heterocycles. The van der Waals surface area contributed by atoms with Crippen LogP contribution >= 0.6 is 12.4 Å². The largest absolute Gasteiger partial charge is 0.416 e. The molecule has 182 valence electrons. The number of anilines is 4. The van der Waals surface area contributed by atoms with Crippen molar-refractivity contribution in [3.8, 4) is 0 Å². The Morgan fingerprint density at radius 2 is 1.65 bits per heavy atom. The van der Waals surface area contributed by atoms with Crippen molar-refractivity contribution in [3.05, 3.63) is 66.4 Å². The number of hydrogen-bond acceptors (Lipinski definition) is 7. The van der Waals surface area contributed by atoms with Gasteiger partial charge in [0.2, 0.25) is 16.0 Å². The lowest BCUT2D eigenvalue weighted by molar-refractivity contribution is -0.137. The van der Waals surface area contributed by atoms with E-state index in [1.807, 2.05) is 0 Å². The molecule has 2 heterocycles. The van der Waals surface area contributed by atoms with Gasteiger partial charge in [0, 0.05) is 43.8 Å². The second-order valence-electron chi connectivity index (χ2n) is 7.39. The van der Waals surface area contributed by atoms with Gasteiger partial charge in [-0.2, -0.15) is 22.5 Å². The Morgan fingerprint density at radius 1 is 0.971 bits per heavy atom. The molecule has 2 aromatic carbocycles. The van der Waals surface area contributed by atoms with Gasteiger partial charge in [-0.3, -0.25) is 0 Å². The molecule has 0 bridgehead atoms. The van der Waals surface area contributed by atoms with Gasteiger partial charge in [0.1, 0.15) is 5.82 Å². The summed E-state index contributed by atoms with van der Waals surface area (Å²) >= 11 is 0. The molecular weight excluding hydrogens is 493 g/mol. The number of halogens is 4. The van der Waals surface area contributed by atoms with Crippen LogP contribution in [0, 0.1) is 0 Å². The zero-order valence-corrected chi connectivity index (χ0v) is 19.4. The number of piperazine rings is 1. The summed E-state index contributed by atoms with van der Waals surface area (Å²) in [4.78, 5) is 9.71. The summed E-state index contributed by atoms with van der Waals surface area (Å²) in [6.07, 6.45) is -2.93. The van der Waals surface area contributed by atoms with Crippen LogP contribution in [0.15, 0.2) is 65.7 Å². The van der Waals surface area contributed by atoms with Gasteiger partial charge in [-0.05, 0) is 48.5 Å². The minimum Gasteiger partial charge on any atom is -0.369 e. The zero-order valence-electron chi connectivity index (χ0n) is 17.7. The highest BCUT2D eigenvalue weighted by Crippen LogP contribution is 2.32. The van der Waals surface area contributed by atoms with Crippen molar-refractivity contribution in [1.82, 2.24) is 14.3 Å². The van der Waals surface area contributed by atoms with Crippen LogP contribution in [0.1, 0.15) is 5.56 Å². The number of sulfonamides is 1. The highest BCUT2D eigenvalue weighted by Gasteiger charge is 2.32. The highest BCUT2D eigenvalue weighted by molar-refractivity contribution is 7.89. The lowest BCUT2D eigenvalue weighted by Gasteiger charge is -2.35. The Labute approximate surface area is 201 Å². The van der Waals surface area contributed by atoms with Crippen molar-refractivity contribution in [1.29, 1.82) is 0 Å². The van der Waals surface area contributed by atoms with E-state index in [0.29, 0.717) is 17.2 Å². The predicted molar refractivity (Wildman–Crippen MR) is 126 cm³/mol. The van der Waals surface area contributed by atoms with Crippen LogP contribution in [-0.2, 0) is 16.2 Å². The fraction of sp³-hybridized carbons (Fsp3) is 0.238. The molecule has 0 saturated carbocycles. The molecule has 0 spiro atoms. The number of nitrogen functional groups attached to an aromatic ring is 1. The van der Waals surface area contributed by atoms with Gasteiger partial charge in [-0.25, -0.2) is 13.4 Å². The molecule has 13 heteroatoms. The van der Waals surface area contributed by atoms with Crippen molar-refractivity contribution in [2.24, 2.45) is 0 Å². The van der Waals surface area contributed by atoms with Gasteiger partial charge < -0.3 is 16.0 Å². The van der Waals surface area contributed by atoms with Crippen LogP contribution in [0.25, 0.3) is 0 Å². The Hall–Kier alpha value is -3.09. The number of rotatable bonds is 5. The van der Waals surface area contributed by atoms with Gasteiger partial charge in [-0.1, -0.05) is 6.07 Å². The van der Waals surface area contributed by atoms with Crippen LogP contribution in [0.5, 0.6) is 0 Å². The maximum Gasteiger partial charge on any atom is 0.416 e. The fourth-order valence-electron chi connectivity index (χ4n) is 3.52. The van der Waals surface area contributed by atoms with E-state index in [1.54, 1.807) is 29.2 Å². The van der Waals surface area contributed by atoms with E-state index in [2.05, 4.69) is 15.3 Å². The Kier molecular flexibility index (Phi) is 7.54. The normalized spacial score (nSPS) is 15.0. The van der Waals surface area contributed by atoms with Gasteiger partial charge in [0.25, 0.3) is 0 Å². The van der Waals surface area contributed by atoms with Crippen molar-refractivity contribution < 1.29 is 21.6 Å². The van der Waals surface area contributed by atoms with Crippen LogP contribution in [0.3, 0.4) is 0 Å². The standard InChI is InChI=1S/C21H21F3N6O2S.ClH/c22-21(23,24)15-2-1-3-17(14-15)29-10-12-30(13-11-29)33(31,32)18-6-4-16(5-7-18)27-19-8-9-26-20(25)28-19;/h1-9,14H,10-13H2,(H3,25,26,27,28);1H. The first-order valence-corrected chi connectivity index (χ1v) is 11.4. The number of nitrogens with zero attached hydrogens (tertiary/aromatic N) is 4. The number of hydrogen-bond donors (Lipinski definition) is 2. The van der Waals surface area contributed by atoms with Crippen LogP contribution < -0.4 is 16.0 Å². The van der Waals surface area contributed by atoms with E-state index in [-0.39, 0.29) is 49.4 Å². The first-order valence-electron chi connectivity index (χ1n) is 10.0. The molecule has 3 aromatic rings. The van der Waals surface area contributed by atoms with Crippen molar-refractivity contribution >= 4 is 45.6 Å². The number of aromatic nitrogens is 2. The first kappa shape index (κ1) is 25.5. The lowest BCUT2D eigenvalue weighted by atomic mass is 10.1. The smallest absolute Gasteiger partial charge is 0.369 e. The van der Waals surface area contributed by atoms with Crippen LogP contribution in [-0.4, -0.2) is 48.9 Å². The summed E-state index contributed by atoms with van der Waals surface area (Å²) in [5, 5.41) is 3.02. The van der Waals surface area contributed by atoms with Gasteiger partial charge in [0.15, 0.2) is 0 Å². The molecule has 0 aliphatic carbocycles. The van der Waals surface area contributed by atoms with Crippen molar-refractivity contribution in [2.75, 3.05) is 42.1 Å². The third-order valence-corrected chi connectivity index (χ3v) is 7.13. The average Bonchev–Trinajstić information content (AvgIpc) is 2.79. The third kappa shape index (κ3) is 5.69. The van der Waals surface area contributed by atoms with Crippen LogP contribution in [0.4, 0.5) is 36.3 Å². The first-order chi connectivity index (χ1) is 15.6. The third-order valence-electron chi connectivity index (χ3n) is 5.22. The summed E-state index contributed by atoms with van der Waals surface area (Å²) in [7, 11) is -3.74. The number of nitrogens with one attached hydrogen (secondary N) is 1. The molecule has 1 fully saturated rings. The van der Waals surface area contributed by atoms with Gasteiger partial charge in [-0.15, -0.1) is 12.4 Å². The maximum absolute atomic E-state index is 13.0. The summed E-state index contributed by atoms with van der Waals surface area (Å²) < 4.78 is 66.4. The molecule has 1 aliphatic rings. The number of alkyl halides is 3. The molecular formula is C21H22ClF3N6O2S. The second-order valence-corrected chi connectivity index (χ2v) is 9.33. The molecule has 0 unspecified atom stereocenters. The molecule has 34 heavy (non-hydrogen) atoms. The summed E-state index contributed by atoms with van der Waals surface area (Å²) in [5.74, 6) is 0.590. The van der Waals surface area contributed by atoms with E-state index in [9.17, 15) is 21.6 Å². The van der Waals surface area contributed by atoms with Gasteiger partial charge in [0.05, 0.1) is 10.5 Å². The molecule has 0 amide bonds. The SMILES string of the molecule is Cl.Nc1nccc(Nc2ccc(S(=O)(=O)N3CCN(c4cccc(C(F)(F)F)c4)CC3)cc2)n1. The quantitative estimate of drug-likeness (QED) is 0.534. The number of benzene rings is 2. The molecule has 3 N–H and O–H groups in total. The fourth-order valence-corrected chi connectivity index (χ4v) is 4.94. The summed E-state index contributed by atoms with van der Waals surface area (Å²) in [6, 6.07) is 12.9.